The van der Waals surface area contributed by atoms with Crippen LogP contribution in [0.2, 0.25) is 0 Å². The number of anilines is 2. The minimum Gasteiger partial charge on any atom is -0.339 e. The molecule has 2 N–H and O–H groups in total. The summed E-state index contributed by atoms with van der Waals surface area (Å²) in [5.41, 5.74) is 2.04. The number of hydrogen-bond donors (Lipinski definition) is 2. The molecule has 0 radical (unpaired) electrons. The van der Waals surface area contributed by atoms with E-state index in [1.54, 1.807) is 48.8 Å². The van der Waals surface area contributed by atoms with Crippen LogP contribution in [-0.4, -0.2) is 26.9 Å². The monoisotopic (exact) mass is 379 g/mol. The molecule has 8 nitrogen and oxygen atoms in total. The molecule has 0 unspecified atom stereocenters. The molecule has 3 aromatic rings. The van der Waals surface area contributed by atoms with Crippen LogP contribution in [0.4, 0.5) is 11.4 Å². The normalized spacial score (nSPS) is 10.7. The van der Waals surface area contributed by atoms with Crippen LogP contribution >= 0.6 is 0 Å². The van der Waals surface area contributed by atoms with Crippen molar-refractivity contribution in [1.29, 1.82) is 0 Å². The molecular weight excluding hydrogens is 358 g/mol. The number of hydrogen-bond acceptors (Lipinski definition) is 6. The molecule has 0 saturated carbocycles. The topological polar surface area (TPSA) is 110 Å². The van der Waals surface area contributed by atoms with E-state index in [0.29, 0.717) is 29.5 Å². The van der Waals surface area contributed by atoms with Crippen molar-refractivity contribution in [3.8, 4) is 11.4 Å². The van der Waals surface area contributed by atoms with Gasteiger partial charge >= 0.3 is 0 Å². The lowest BCUT2D eigenvalue weighted by Gasteiger charge is -2.10. The quantitative estimate of drug-likeness (QED) is 0.652. The van der Waals surface area contributed by atoms with Crippen molar-refractivity contribution in [2.75, 3.05) is 10.6 Å². The molecule has 0 aliphatic heterocycles. The van der Waals surface area contributed by atoms with Gasteiger partial charge in [0.15, 0.2) is 0 Å². The number of carbonyl (C=O) groups excluding carboxylic acids is 2. The second-order valence-corrected chi connectivity index (χ2v) is 6.52. The van der Waals surface area contributed by atoms with E-state index < -0.39 is 0 Å². The number of rotatable bonds is 7. The number of nitrogens with one attached hydrogen (secondary N) is 2. The lowest BCUT2D eigenvalue weighted by atomic mass is 10.2. The summed E-state index contributed by atoms with van der Waals surface area (Å²) < 4.78 is 5.20. The fourth-order valence-corrected chi connectivity index (χ4v) is 2.38. The molecule has 0 spiro atoms. The molecule has 3 rings (SSSR count). The van der Waals surface area contributed by atoms with Gasteiger partial charge in [-0.2, -0.15) is 4.98 Å². The third kappa shape index (κ3) is 5.23. The Labute approximate surface area is 162 Å². The molecule has 0 aliphatic rings. The largest absolute Gasteiger partial charge is 0.339 e. The van der Waals surface area contributed by atoms with Crippen molar-refractivity contribution < 1.29 is 14.1 Å². The summed E-state index contributed by atoms with van der Waals surface area (Å²) in [6.45, 7) is 3.64. The first-order valence-corrected chi connectivity index (χ1v) is 8.95. The highest BCUT2D eigenvalue weighted by Gasteiger charge is 2.12. The van der Waals surface area contributed by atoms with Gasteiger partial charge in [-0.1, -0.05) is 25.1 Å². The standard InChI is InChI=1S/C20H21N5O3/c1-13(2)20(27)23-16-5-3-4-15(12-16)22-17(26)6-7-18-24-19(25-28-18)14-8-10-21-11-9-14/h3-5,8-13H,6-7H2,1-2H3,(H,22,26)(H,23,27). The summed E-state index contributed by atoms with van der Waals surface area (Å²) in [4.78, 5) is 32.2. The molecule has 1 aromatic carbocycles. The SMILES string of the molecule is CC(C)C(=O)Nc1cccc(NC(=O)CCc2nc(-c3ccncc3)no2)c1. The second-order valence-electron chi connectivity index (χ2n) is 6.52. The van der Waals surface area contributed by atoms with Gasteiger partial charge in [0, 0.05) is 48.1 Å². The third-order valence-corrected chi connectivity index (χ3v) is 3.91. The number of benzene rings is 1. The van der Waals surface area contributed by atoms with Gasteiger partial charge < -0.3 is 15.2 Å². The predicted molar refractivity (Wildman–Crippen MR) is 104 cm³/mol. The van der Waals surface area contributed by atoms with Crippen LogP contribution in [0.3, 0.4) is 0 Å². The molecule has 144 valence electrons. The Morgan fingerprint density at radius 2 is 1.79 bits per heavy atom. The number of aryl methyl sites for hydroxylation is 1. The minimum absolute atomic E-state index is 0.0788. The van der Waals surface area contributed by atoms with Crippen LogP contribution in [0.15, 0.2) is 53.3 Å². The Bertz CT molecular complexity index is 953. The van der Waals surface area contributed by atoms with Crippen LogP contribution < -0.4 is 10.6 Å². The zero-order valence-electron chi connectivity index (χ0n) is 15.7. The van der Waals surface area contributed by atoms with Gasteiger partial charge in [0.1, 0.15) is 0 Å². The van der Waals surface area contributed by atoms with Gasteiger partial charge in [-0.05, 0) is 30.3 Å². The second kappa shape index (κ2) is 8.90. The van der Waals surface area contributed by atoms with Crippen LogP contribution in [0, 0.1) is 5.92 Å². The van der Waals surface area contributed by atoms with E-state index >= 15 is 0 Å². The van der Waals surface area contributed by atoms with Gasteiger partial charge in [0.05, 0.1) is 0 Å². The highest BCUT2D eigenvalue weighted by atomic mass is 16.5. The first-order chi connectivity index (χ1) is 13.5. The summed E-state index contributed by atoms with van der Waals surface area (Å²) in [6, 6.07) is 10.6. The van der Waals surface area contributed by atoms with Gasteiger partial charge in [0.2, 0.25) is 23.5 Å². The number of aromatic nitrogens is 3. The van der Waals surface area contributed by atoms with Crippen LogP contribution in [0.5, 0.6) is 0 Å². The van der Waals surface area contributed by atoms with Crippen molar-refractivity contribution in [3.05, 3.63) is 54.7 Å². The number of amides is 2. The highest BCUT2D eigenvalue weighted by molar-refractivity contribution is 5.94. The fourth-order valence-electron chi connectivity index (χ4n) is 2.38. The molecule has 2 amide bonds. The molecule has 0 fully saturated rings. The van der Waals surface area contributed by atoms with Crippen molar-refractivity contribution >= 4 is 23.2 Å². The summed E-state index contributed by atoms with van der Waals surface area (Å²) in [5.74, 6) is 0.469. The minimum atomic E-state index is -0.184. The van der Waals surface area contributed by atoms with Crippen LogP contribution in [-0.2, 0) is 16.0 Å². The number of carbonyl (C=O) groups is 2. The molecule has 0 bridgehead atoms. The Balaban J connectivity index is 1.54. The van der Waals surface area contributed by atoms with Gasteiger partial charge in [-0.15, -0.1) is 0 Å². The van der Waals surface area contributed by atoms with Gasteiger partial charge in [-0.3, -0.25) is 14.6 Å². The van der Waals surface area contributed by atoms with E-state index in [-0.39, 0.29) is 24.2 Å². The maximum Gasteiger partial charge on any atom is 0.227 e. The molecular formula is C20H21N5O3. The molecule has 2 aromatic heterocycles. The zero-order chi connectivity index (χ0) is 19.9. The lowest BCUT2D eigenvalue weighted by Crippen LogP contribution is -2.18. The zero-order valence-corrected chi connectivity index (χ0v) is 15.7. The van der Waals surface area contributed by atoms with Crippen LogP contribution in [0.1, 0.15) is 26.2 Å². The Kier molecular flexibility index (Phi) is 6.11. The van der Waals surface area contributed by atoms with Gasteiger partial charge in [0.25, 0.3) is 0 Å². The predicted octanol–water partition coefficient (Wildman–Crippen LogP) is 3.30. The molecule has 2 heterocycles. The van der Waals surface area contributed by atoms with Crippen LogP contribution in [0.25, 0.3) is 11.4 Å². The molecule has 0 aliphatic carbocycles. The van der Waals surface area contributed by atoms with E-state index in [1.165, 1.54) is 0 Å². The fraction of sp³-hybridized carbons (Fsp3) is 0.250. The first-order valence-electron chi connectivity index (χ1n) is 8.95. The number of nitrogens with zero attached hydrogens (tertiary/aromatic N) is 3. The first kappa shape index (κ1) is 19.2. The highest BCUT2D eigenvalue weighted by Crippen LogP contribution is 2.17. The maximum absolute atomic E-state index is 12.2. The smallest absolute Gasteiger partial charge is 0.227 e. The lowest BCUT2D eigenvalue weighted by molar-refractivity contribution is -0.119. The molecule has 28 heavy (non-hydrogen) atoms. The number of pyridine rings is 1. The average Bonchev–Trinajstić information content (AvgIpc) is 3.16. The summed E-state index contributed by atoms with van der Waals surface area (Å²) in [6.07, 6.45) is 3.82. The van der Waals surface area contributed by atoms with E-state index in [2.05, 4.69) is 25.8 Å². The van der Waals surface area contributed by atoms with E-state index in [4.69, 9.17) is 4.52 Å². The van der Waals surface area contributed by atoms with E-state index in [1.807, 2.05) is 13.8 Å². The summed E-state index contributed by atoms with van der Waals surface area (Å²) in [5, 5.41) is 9.52. The van der Waals surface area contributed by atoms with Crippen molar-refractivity contribution in [1.82, 2.24) is 15.1 Å². The summed E-state index contributed by atoms with van der Waals surface area (Å²) >= 11 is 0. The molecule has 0 atom stereocenters. The third-order valence-electron chi connectivity index (χ3n) is 3.91. The van der Waals surface area contributed by atoms with Crippen molar-refractivity contribution in [2.45, 2.75) is 26.7 Å². The van der Waals surface area contributed by atoms with Crippen molar-refractivity contribution in [2.24, 2.45) is 5.92 Å². The Morgan fingerprint density at radius 3 is 2.50 bits per heavy atom. The van der Waals surface area contributed by atoms with E-state index in [9.17, 15) is 9.59 Å². The maximum atomic E-state index is 12.2. The average molecular weight is 379 g/mol. The Hall–Kier alpha value is -3.55. The molecule has 8 heteroatoms. The van der Waals surface area contributed by atoms with Gasteiger partial charge in [-0.25, -0.2) is 0 Å². The van der Waals surface area contributed by atoms with E-state index in [0.717, 1.165) is 5.56 Å². The Morgan fingerprint density at radius 1 is 1.07 bits per heavy atom. The van der Waals surface area contributed by atoms with Crippen molar-refractivity contribution in [3.63, 3.8) is 0 Å². The molecule has 0 saturated heterocycles. The summed E-state index contributed by atoms with van der Waals surface area (Å²) in [7, 11) is 0.